The second kappa shape index (κ2) is 6.31. The van der Waals surface area contributed by atoms with Gasteiger partial charge in [0.1, 0.15) is 5.82 Å². The van der Waals surface area contributed by atoms with Crippen molar-refractivity contribution in [3.8, 4) is 17.2 Å². The Morgan fingerprint density at radius 2 is 2.00 bits per heavy atom. The molecule has 0 atom stereocenters. The third kappa shape index (κ3) is 3.43. The first-order valence-corrected chi connectivity index (χ1v) is 6.62. The molecule has 0 aliphatic carbocycles. The van der Waals surface area contributed by atoms with Crippen LogP contribution in [0, 0.1) is 17.1 Å². The summed E-state index contributed by atoms with van der Waals surface area (Å²) in [7, 11) is 0. The minimum absolute atomic E-state index is 0.261. The van der Waals surface area contributed by atoms with Crippen LogP contribution in [-0.2, 0) is 6.54 Å². The van der Waals surface area contributed by atoms with Crippen LogP contribution in [0.2, 0.25) is 0 Å². The van der Waals surface area contributed by atoms with E-state index in [-0.39, 0.29) is 5.82 Å². The van der Waals surface area contributed by atoms with Crippen molar-refractivity contribution in [1.29, 1.82) is 5.26 Å². The lowest BCUT2D eigenvalue weighted by molar-refractivity contribution is 0.582. The first-order valence-electron chi connectivity index (χ1n) is 6.62. The normalized spacial score (nSPS) is 10.6. The van der Waals surface area contributed by atoms with E-state index in [1.54, 1.807) is 30.3 Å². The lowest BCUT2D eigenvalue weighted by Crippen LogP contribution is -2.21. The van der Waals surface area contributed by atoms with Gasteiger partial charge >= 0.3 is 0 Å². The van der Waals surface area contributed by atoms with Gasteiger partial charge in [-0.2, -0.15) is 5.26 Å². The number of hydrogen-bond acceptors (Lipinski definition) is 2. The summed E-state index contributed by atoms with van der Waals surface area (Å²) >= 11 is 0. The summed E-state index contributed by atoms with van der Waals surface area (Å²) in [6, 6.07) is 14.6. The Bertz CT molecular complexity index is 642. The average Bonchev–Trinajstić information content (AvgIpc) is 2.45. The van der Waals surface area contributed by atoms with Gasteiger partial charge in [0.25, 0.3) is 0 Å². The molecule has 2 aromatic carbocycles. The van der Waals surface area contributed by atoms with Gasteiger partial charge in [0.2, 0.25) is 0 Å². The first kappa shape index (κ1) is 14.2. The van der Waals surface area contributed by atoms with Crippen LogP contribution in [0.25, 0.3) is 11.1 Å². The van der Waals surface area contributed by atoms with Gasteiger partial charge in [0.05, 0.1) is 11.6 Å². The van der Waals surface area contributed by atoms with Gasteiger partial charge in [-0.1, -0.05) is 38.1 Å². The molecule has 0 bridgehead atoms. The summed E-state index contributed by atoms with van der Waals surface area (Å²) in [4.78, 5) is 0. The van der Waals surface area contributed by atoms with E-state index < -0.39 is 0 Å². The van der Waals surface area contributed by atoms with E-state index in [1.807, 2.05) is 12.1 Å². The van der Waals surface area contributed by atoms with Crippen molar-refractivity contribution in [2.45, 2.75) is 26.4 Å². The predicted molar refractivity (Wildman–Crippen MR) is 78.5 cm³/mol. The van der Waals surface area contributed by atoms with Crippen molar-refractivity contribution < 1.29 is 4.39 Å². The molecule has 0 aromatic heterocycles. The fraction of sp³-hybridized carbons (Fsp3) is 0.235. The van der Waals surface area contributed by atoms with E-state index in [1.165, 1.54) is 0 Å². The maximum Gasteiger partial charge on any atom is 0.131 e. The molecule has 0 heterocycles. The van der Waals surface area contributed by atoms with Gasteiger partial charge in [-0.15, -0.1) is 0 Å². The van der Waals surface area contributed by atoms with Crippen molar-refractivity contribution in [3.05, 3.63) is 59.4 Å². The second-order valence-corrected chi connectivity index (χ2v) is 5.04. The summed E-state index contributed by atoms with van der Waals surface area (Å²) in [6.07, 6.45) is 0. The minimum Gasteiger partial charge on any atom is -0.310 e. The molecule has 0 aliphatic heterocycles. The summed E-state index contributed by atoms with van der Waals surface area (Å²) in [5.41, 5.74) is 2.70. The molecular weight excluding hydrogens is 251 g/mol. The van der Waals surface area contributed by atoms with Gasteiger partial charge < -0.3 is 5.32 Å². The quantitative estimate of drug-likeness (QED) is 0.914. The summed E-state index contributed by atoms with van der Waals surface area (Å²) in [5.74, 6) is -0.261. The van der Waals surface area contributed by atoms with Crippen LogP contribution in [-0.4, -0.2) is 6.04 Å². The molecule has 2 nitrogen and oxygen atoms in total. The van der Waals surface area contributed by atoms with E-state index in [4.69, 9.17) is 5.26 Å². The Kier molecular flexibility index (Phi) is 4.49. The van der Waals surface area contributed by atoms with Crippen LogP contribution < -0.4 is 5.32 Å². The zero-order valence-electron chi connectivity index (χ0n) is 11.7. The molecule has 0 amide bonds. The highest BCUT2D eigenvalue weighted by Gasteiger charge is 2.07. The Balaban J connectivity index is 2.27. The lowest BCUT2D eigenvalue weighted by atomic mass is 10.0. The fourth-order valence-corrected chi connectivity index (χ4v) is 1.98. The third-order valence-corrected chi connectivity index (χ3v) is 3.05. The van der Waals surface area contributed by atoms with Gasteiger partial charge in [-0.25, -0.2) is 4.39 Å². The van der Waals surface area contributed by atoms with E-state index in [9.17, 15) is 4.39 Å². The van der Waals surface area contributed by atoms with Crippen LogP contribution in [0.15, 0.2) is 42.5 Å². The highest BCUT2D eigenvalue weighted by molar-refractivity contribution is 5.66. The third-order valence-electron chi connectivity index (χ3n) is 3.05. The van der Waals surface area contributed by atoms with Gasteiger partial charge in [0, 0.05) is 18.2 Å². The number of hydrogen-bond donors (Lipinski definition) is 1. The average molecular weight is 268 g/mol. The number of rotatable bonds is 4. The van der Waals surface area contributed by atoms with E-state index in [0.29, 0.717) is 23.7 Å². The van der Waals surface area contributed by atoms with Crippen LogP contribution in [0.3, 0.4) is 0 Å². The maximum absolute atomic E-state index is 14.2. The van der Waals surface area contributed by atoms with E-state index >= 15 is 0 Å². The van der Waals surface area contributed by atoms with Crippen LogP contribution >= 0.6 is 0 Å². The highest BCUT2D eigenvalue weighted by atomic mass is 19.1. The Morgan fingerprint density at radius 1 is 1.20 bits per heavy atom. The Labute approximate surface area is 118 Å². The van der Waals surface area contributed by atoms with Crippen LogP contribution in [0.1, 0.15) is 25.0 Å². The maximum atomic E-state index is 14.2. The monoisotopic (exact) mass is 268 g/mol. The topological polar surface area (TPSA) is 35.8 Å². The molecule has 1 N–H and O–H groups in total. The lowest BCUT2D eigenvalue weighted by Gasteiger charge is -2.10. The minimum atomic E-state index is -0.261. The molecule has 2 rings (SSSR count). The van der Waals surface area contributed by atoms with Crippen molar-refractivity contribution in [3.63, 3.8) is 0 Å². The van der Waals surface area contributed by atoms with Crippen LogP contribution in [0.5, 0.6) is 0 Å². The molecule has 0 saturated carbocycles. The van der Waals surface area contributed by atoms with E-state index in [2.05, 4.69) is 25.2 Å². The number of nitrogens with one attached hydrogen (secondary N) is 1. The van der Waals surface area contributed by atoms with Gasteiger partial charge in [-0.3, -0.25) is 0 Å². The molecule has 0 radical (unpaired) electrons. The van der Waals surface area contributed by atoms with Gasteiger partial charge in [0.15, 0.2) is 0 Å². The highest BCUT2D eigenvalue weighted by Crippen LogP contribution is 2.24. The Hall–Kier alpha value is -2.18. The van der Waals surface area contributed by atoms with Crippen molar-refractivity contribution >= 4 is 0 Å². The van der Waals surface area contributed by atoms with Crippen molar-refractivity contribution in [2.24, 2.45) is 0 Å². The zero-order valence-corrected chi connectivity index (χ0v) is 11.7. The smallest absolute Gasteiger partial charge is 0.131 e. The number of halogens is 1. The molecule has 0 saturated heterocycles. The zero-order chi connectivity index (χ0) is 14.5. The molecule has 102 valence electrons. The summed E-state index contributed by atoms with van der Waals surface area (Å²) in [5, 5.41) is 12.1. The van der Waals surface area contributed by atoms with Crippen molar-refractivity contribution in [1.82, 2.24) is 5.32 Å². The summed E-state index contributed by atoms with van der Waals surface area (Å²) < 4.78 is 14.2. The number of benzene rings is 2. The molecule has 2 aromatic rings. The predicted octanol–water partition coefficient (Wildman–Crippen LogP) is 3.86. The molecule has 3 heteroatoms. The Morgan fingerprint density at radius 3 is 2.65 bits per heavy atom. The molecule has 20 heavy (non-hydrogen) atoms. The molecule has 0 spiro atoms. The van der Waals surface area contributed by atoms with E-state index in [0.717, 1.165) is 11.1 Å². The molecule has 0 fully saturated rings. The molecule has 0 aliphatic rings. The standard InChI is InChI=1S/C17H17FN2/c1-12(2)20-11-14-6-7-16(17(18)9-14)15-5-3-4-13(8-15)10-19/h3-9,12,20H,11H2,1-2H3. The number of nitrogens with zero attached hydrogens (tertiary/aromatic N) is 1. The molecule has 0 unspecified atom stereocenters. The largest absolute Gasteiger partial charge is 0.310 e. The summed E-state index contributed by atoms with van der Waals surface area (Å²) in [6.45, 7) is 4.75. The van der Waals surface area contributed by atoms with Gasteiger partial charge in [-0.05, 0) is 29.3 Å². The second-order valence-electron chi connectivity index (χ2n) is 5.04. The van der Waals surface area contributed by atoms with Crippen molar-refractivity contribution in [2.75, 3.05) is 0 Å². The first-order chi connectivity index (χ1) is 9.60. The van der Waals surface area contributed by atoms with Crippen LogP contribution in [0.4, 0.5) is 4.39 Å². The number of nitriles is 1. The fourth-order valence-electron chi connectivity index (χ4n) is 1.98. The molecular formula is C17H17FN2. The SMILES string of the molecule is CC(C)NCc1ccc(-c2cccc(C#N)c2)c(F)c1.